The normalized spacial score (nSPS) is 19.6. The highest BCUT2D eigenvalue weighted by Gasteiger charge is 2.37. The molecule has 17 heavy (non-hydrogen) atoms. The van der Waals surface area contributed by atoms with E-state index in [-0.39, 0.29) is 0 Å². The molecule has 0 saturated heterocycles. The highest BCUT2D eigenvalue weighted by atomic mass is 79.9. The number of allylic oxidation sites excluding steroid dienone is 1. The molecule has 1 aromatic carbocycles. The summed E-state index contributed by atoms with van der Waals surface area (Å²) in [7, 11) is 0. The smallest absolute Gasteiger partial charge is 0.262 e. The first-order valence-electron chi connectivity index (χ1n) is 5.49. The van der Waals surface area contributed by atoms with Crippen LogP contribution in [0, 0.1) is 0 Å². The molecule has 0 aromatic heterocycles. The van der Waals surface area contributed by atoms with Crippen LogP contribution in [0.5, 0.6) is 0 Å². The number of nitrogens with zero attached hydrogens (tertiary/aromatic N) is 3. The molecule has 2 heterocycles. The fourth-order valence-corrected chi connectivity index (χ4v) is 2.40. The molecular formula is C13H12BrN3+. The zero-order valence-corrected chi connectivity index (χ0v) is 11.1. The Kier molecular flexibility index (Phi) is 2.61. The molecule has 0 amide bonds. The van der Waals surface area contributed by atoms with E-state index < -0.39 is 0 Å². The first-order valence-corrected chi connectivity index (χ1v) is 6.20. The fourth-order valence-electron chi connectivity index (χ4n) is 2.06. The number of rotatable bonds is 1. The third kappa shape index (κ3) is 1.83. The summed E-state index contributed by atoms with van der Waals surface area (Å²) in [5, 5.41) is 0. The van der Waals surface area contributed by atoms with Crippen molar-refractivity contribution < 1.29 is 0 Å². The van der Waals surface area contributed by atoms with Crippen LogP contribution in [0.25, 0.3) is 5.70 Å². The zero-order chi connectivity index (χ0) is 11.8. The summed E-state index contributed by atoms with van der Waals surface area (Å²) in [5.41, 5.74) is 3.43. The van der Waals surface area contributed by atoms with E-state index in [1.54, 1.807) is 0 Å². The highest BCUT2D eigenvalue weighted by Crippen LogP contribution is 2.29. The van der Waals surface area contributed by atoms with Crippen molar-refractivity contribution in [1.29, 1.82) is 0 Å². The lowest BCUT2D eigenvalue weighted by Gasteiger charge is -2.16. The van der Waals surface area contributed by atoms with Crippen LogP contribution in [0.2, 0.25) is 0 Å². The molecule has 0 saturated carbocycles. The summed E-state index contributed by atoms with van der Waals surface area (Å²) in [5.74, 6) is 1.01. The largest absolute Gasteiger partial charge is 0.285 e. The maximum absolute atomic E-state index is 4.68. The van der Waals surface area contributed by atoms with Gasteiger partial charge in [-0.3, -0.25) is 3.93 Å². The maximum atomic E-state index is 4.68. The Balaban J connectivity index is 2.03. The molecule has 0 fully saturated rings. The van der Waals surface area contributed by atoms with Gasteiger partial charge in [0, 0.05) is 24.8 Å². The Morgan fingerprint density at radius 1 is 1.29 bits per heavy atom. The van der Waals surface area contributed by atoms with Crippen LogP contribution in [0.1, 0.15) is 12.5 Å². The number of aliphatic imine (C=N–C) groups is 1. The van der Waals surface area contributed by atoms with Crippen molar-refractivity contribution in [1.82, 2.24) is 8.83 Å². The zero-order valence-electron chi connectivity index (χ0n) is 9.47. The molecular weight excluding hydrogens is 278 g/mol. The number of benzene rings is 1. The maximum Gasteiger partial charge on any atom is 0.285 e. The van der Waals surface area contributed by atoms with E-state index in [4.69, 9.17) is 0 Å². The van der Waals surface area contributed by atoms with Gasteiger partial charge in [0.15, 0.2) is 5.70 Å². The minimum atomic E-state index is 0.789. The summed E-state index contributed by atoms with van der Waals surface area (Å²) in [4.78, 5) is 6.88. The van der Waals surface area contributed by atoms with E-state index in [0.29, 0.717) is 0 Å². The molecule has 85 valence electrons. The van der Waals surface area contributed by atoms with Crippen LogP contribution >= 0.6 is 16.1 Å². The van der Waals surface area contributed by atoms with Gasteiger partial charge in [0.05, 0.1) is 16.1 Å². The van der Waals surface area contributed by atoms with Gasteiger partial charge in [0.25, 0.3) is 5.84 Å². The third-order valence-corrected chi connectivity index (χ3v) is 3.42. The minimum absolute atomic E-state index is 0.789. The summed E-state index contributed by atoms with van der Waals surface area (Å²) < 4.78 is 1.96. The van der Waals surface area contributed by atoms with Gasteiger partial charge in [-0.15, -0.1) is 0 Å². The molecule has 3 rings (SSSR count). The first kappa shape index (κ1) is 10.7. The van der Waals surface area contributed by atoms with Crippen molar-refractivity contribution in [3.63, 3.8) is 0 Å². The Hall–Kier alpha value is -1.39. The SMILES string of the molecule is CC1=C(c2ccccc2)N=C2C=CN(Br)C[N+]21. The van der Waals surface area contributed by atoms with E-state index in [2.05, 4.69) is 45.1 Å². The van der Waals surface area contributed by atoms with E-state index in [1.165, 1.54) is 11.3 Å². The van der Waals surface area contributed by atoms with Gasteiger partial charge < -0.3 is 0 Å². The van der Waals surface area contributed by atoms with Crippen molar-refractivity contribution in [3.05, 3.63) is 53.9 Å². The van der Waals surface area contributed by atoms with Crippen LogP contribution < -0.4 is 4.90 Å². The standard InChI is InChI=1S/C13H12BrN3/c1-10-13(11-5-3-2-4-6-11)15-12-7-8-16(14)9-17(10)12/h2-8H,9H2,1H3/q+1. The van der Waals surface area contributed by atoms with E-state index in [1.807, 2.05) is 34.4 Å². The number of fused-ring (bicyclic) bond motifs is 1. The molecule has 4 heteroatoms. The summed E-state index contributed by atoms with van der Waals surface area (Å²) in [6.45, 7) is 2.90. The van der Waals surface area contributed by atoms with Gasteiger partial charge in [-0.1, -0.05) is 35.2 Å². The Morgan fingerprint density at radius 2 is 2.06 bits per heavy atom. The average Bonchev–Trinajstić information content (AvgIpc) is 2.68. The van der Waals surface area contributed by atoms with Crippen LogP contribution in [-0.2, 0) is 0 Å². The van der Waals surface area contributed by atoms with E-state index >= 15 is 0 Å². The van der Waals surface area contributed by atoms with Gasteiger partial charge in [0.1, 0.15) is 5.70 Å². The first-order chi connectivity index (χ1) is 8.25. The summed E-state index contributed by atoms with van der Waals surface area (Å²) in [6.07, 6.45) is 3.99. The van der Waals surface area contributed by atoms with E-state index in [9.17, 15) is 0 Å². The second kappa shape index (κ2) is 4.13. The van der Waals surface area contributed by atoms with Gasteiger partial charge in [0.2, 0.25) is 6.67 Å². The van der Waals surface area contributed by atoms with Crippen molar-refractivity contribution >= 4 is 27.7 Å². The quantitative estimate of drug-likeness (QED) is 0.575. The van der Waals surface area contributed by atoms with Crippen molar-refractivity contribution in [3.8, 4) is 0 Å². The van der Waals surface area contributed by atoms with Crippen LogP contribution in [0.4, 0.5) is 0 Å². The Morgan fingerprint density at radius 3 is 2.82 bits per heavy atom. The lowest BCUT2D eigenvalue weighted by Crippen LogP contribution is -2.40. The minimum Gasteiger partial charge on any atom is -0.262 e. The van der Waals surface area contributed by atoms with Crippen LogP contribution in [-0.4, -0.2) is 16.4 Å². The predicted molar refractivity (Wildman–Crippen MR) is 73.4 cm³/mol. The molecule has 3 nitrogen and oxygen atoms in total. The molecule has 0 aliphatic carbocycles. The second-order valence-corrected chi connectivity index (χ2v) is 4.97. The summed E-state index contributed by atoms with van der Waals surface area (Å²) in [6, 6.07) is 10.3. The molecule has 0 bridgehead atoms. The van der Waals surface area contributed by atoms with E-state index in [0.717, 1.165) is 18.2 Å². The molecule has 0 unspecified atom stereocenters. The lowest BCUT2D eigenvalue weighted by atomic mass is 10.1. The second-order valence-electron chi connectivity index (χ2n) is 4.05. The van der Waals surface area contributed by atoms with Crippen LogP contribution in [0.15, 0.2) is 53.3 Å². The number of amidine groups is 1. The average molecular weight is 290 g/mol. The summed E-state index contributed by atoms with van der Waals surface area (Å²) >= 11 is 3.46. The number of hydrogen-bond acceptors (Lipinski definition) is 3. The van der Waals surface area contributed by atoms with Gasteiger partial charge in [-0.2, -0.15) is 4.99 Å². The molecule has 1 aromatic rings. The topological polar surface area (TPSA) is 21.5 Å². The highest BCUT2D eigenvalue weighted by molar-refractivity contribution is 9.07. The van der Waals surface area contributed by atoms with Crippen molar-refractivity contribution in [2.45, 2.75) is 6.92 Å². The van der Waals surface area contributed by atoms with Gasteiger partial charge in [-0.25, -0.2) is 0 Å². The Bertz CT molecular complexity index is 531. The third-order valence-electron chi connectivity index (χ3n) is 2.96. The molecule has 0 atom stereocenters. The van der Waals surface area contributed by atoms with Crippen molar-refractivity contribution in [2.75, 3.05) is 6.67 Å². The monoisotopic (exact) mass is 289 g/mol. The number of hydrogen-bond donors (Lipinski definition) is 0. The predicted octanol–water partition coefficient (Wildman–Crippen LogP) is 3.02. The van der Waals surface area contributed by atoms with Crippen LogP contribution in [0.3, 0.4) is 0 Å². The molecule has 0 spiro atoms. The van der Waals surface area contributed by atoms with Gasteiger partial charge in [-0.05, 0) is 0 Å². The van der Waals surface area contributed by atoms with Gasteiger partial charge >= 0.3 is 0 Å². The Labute approximate surface area is 109 Å². The fraction of sp³-hybridized carbons (Fsp3) is 0.154. The molecule has 0 N–H and O–H groups in total. The molecule has 2 aliphatic heterocycles. The molecule has 2 aliphatic rings. The lowest BCUT2D eigenvalue weighted by molar-refractivity contribution is 0.505. The van der Waals surface area contributed by atoms with Crippen molar-refractivity contribution in [2.24, 2.45) is 4.99 Å². The number of halogens is 1. The molecule has 1 radical (unpaired) electrons.